The van der Waals surface area contributed by atoms with Crippen LogP contribution in [0.2, 0.25) is 5.02 Å². The first-order valence-electron chi connectivity index (χ1n) is 10.5. The van der Waals surface area contributed by atoms with Crippen molar-refractivity contribution in [2.45, 2.75) is 38.5 Å². The second kappa shape index (κ2) is 11.2. The van der Waals surface area contributed by atoms with Crippen LogP contribution in [0.25, 0.3) is 0 Å². The second-order valence-electron chi connectivity index (χ2n) is 7.54. The Labute approximate surface area is 207 Å². The highest BCUT2D eigenvalue weighted by Crippen LogP contribution is 2.29. The van der Waals surface area contributed by atoms with Crippen molar-refractivity contribution < 1.29 is 40.9 Å². The molecule has 0 saturated carbocycles. The smallest absolute Gasteiger partial charge is 0.439 e. The maximum absolute atomic E-state index is 13.1. The zero-order chi connectivity index (χ0) is 26.5. The van der Waals surface area contributed by atoms with Crippen molar-refractivity contribution in [1.29, 1.82) is 0 Å². The Kier molecular flexibility index (Phi) is 8.51. The van der Waals surface area contributed by atoms with Crippen molar-refractivity contribution in [3.8, 4) is 17.4 Å². The Morgan fingerprint density at radius 2 is 1.78 bits per heavy atom. The lowest BCUT2D eigenvalue weighted by Gasteiger charge is -2.26. The second-order valence-corrected chi connectivity index (χ2v) is 7.94. The van der Waals surface area contributed by atoms with Crippen molar-refractivity contribution in [2.24, 2.45) is 0 Å². The molecule has 0 fully saturated rings. The third-order valence-corrected chi connectivity index (χ3v) is 5.17. The standard InChI is InChI=1S/C23H20ClF6N3O3/c1-2-15-11-16(6-7-18(15)24)35-20-8-9-31-21(32-20)33(13-19(34)22(25,26)27)12-14-4-3-5-17(10-14)36-23(28,29)30/h3-11,19,34H,2,12-13H2,1H3. The van der Waals surface area contributed by atoms with Gasteiger partial charge in [-0.05, 0) is 47.9 Å². The number of aryl methyl sites for hydroxylation is 1. The molecule has 194 valence electrons. The van der Waals surface area contributed by atoms with Gasteiger partial charge in [-0.25, -0.2) is 4.98 Å². The number of hydrogen-bond acceptors (Lipinski definition) is 6. The summed E-state index contributed by atoms with van der Waals surface area (Å²) in [7, 11) is 0. The van der Waals surface area contributed by atoms with Gasteiger partial charge in [-0.15, -0.1) is 13.2 Å². The number of aliphatic hydroxyl groups excluding tert-OH is 1. The molecule has 0 radical (unpaired) electrons. The highest BCUT2D eigenvalue weighted by Gasteiger charge is 2.39. The largest absolute Gasteiger partial charge is 0.573 e. The summed E-state index contributed by atoms with van der Waals surface area (Å²) in [5.74, 6) is -0.434. The van der Waals surface area contributed by atoms with Crippen molar-refractivity contribution in [3.63, 3.8) is 0 Å². The summed E-state index contributed by atoms with van der Waals surface area (Å²) >= 11 is 6.10. The van der Waals surface area contributed by atoms with Gasteiger partial charge in [0.1, 0.15) is 11.5 Å². The molecule has 1 heterocycles. The van der Waals surface area contributed by atoms with E-state index in [9.17, 15) is 31.4 Å². The number of aliphatic hydroxyl groups is 1. The van der Waals surface area contributed by atoms with Gasteiger partial charge in [-0.3, -0.25) is 0 Å². The molecule has 0 spiro atoms. The predicted molar refractivity (Wildman–Crippen MR) is 119 cm³/mol. The molecule has 1 unspecified atom stereocenters. The fourth-order valence-corrected chi connectivity index (χ4v) is 3.39. The zero-order valence-electron chi connectivity index (χ0n) is 18.6. The van der Waals surface area contributed by atoms with Gasteiger partial charge in [0, 0.05) is 23.8 Å². The first-order chi connectivity index (χ1) is 16.8. The fraction of sp³-hybridized carbons (Fsp3) is 0.304. The Hall–Kier alpha value is -3.25. The summed E-state index contributed by atoms with van der Waals surface area (Å²) in [5, 5.41) is 10.2. The van der Waals surface area contributed by atoms with Crippen LogP contribution in [0, 0.1) is 0 Å². The summed E-state index contributed by atoms with van der Waals surface area (Å²) in [6.07, 6.45) is -10.8. The lowest BCUT2D eigenvalue weighted by Crippen LogP contribution is -2.41. The maximum atomic E-state index is 13.1. The Morgan fingerprint density at radius 3 is 2.44 bits per heavy atom. The molecule has 13 heteroatoms. The van der Waals surface area contributed by atoms with E-state index >= 15 is 0 Å². The molecule has 0 bridgehead atoms. The van der Waals surface area contributed by atoms with Crippen LogP contribution in [0.5, 0.6) is 17.4 Å². The molecule has 1 atom stereocenters. The molecule has 0 aliphatic rings. The van der Waals surface area contributed by atoms with E-state index in [1.807, 2.05) is 6.92 Å². The van der Waals surface area contributed by atoms with E-state index in [1.54, 1.807) is 18.2 Å². The van der Waals surface area contributed by atoms with Crippen molar-refractivity contribution in [2.75, 3.05) is 11.4 Å². The summed E-state index contributed by atoms with van der Waals surface area (Å²) < 4.78 is 86.5. The van der Waals surface area contributed by atoms with Gasteiger partial charge in [0.25, 0.3) is 0 Å². The lowest BCUT2D eigenvalue weighted by molar-refractivity contribution is -0.274. The van der Waals surface area contributed by atoms with Crippen LogP contribution in [0.3, 0.4) is 0 Å². The van der Waals surface area contributed by atoms with Crippen molar-refractivity contribution >= 4 is 17.5 Å². The van der Waals surface area contributed by atoms with E-state index < -0.39 is 30.9 Å². The zero-order valence-corrected chi connectivity index (χ0v) is 19.4. The van der Waals surface area contributed by atoms with Gasteiger partial charge < -0.3 is 19.5 Å². The van der Waals surface area contributed by atoms with Crippen molar-refractivity contribution in [1.82, 2.24) is 9.97 Å². The van der Waals surface area contributed by atoms with E-state index in [0.717, 1.165) is 22.6 Å². The number of benzene rings is 2. The molecule has 0 aliphatic heterocycles. The molecular formula is C23H20ClF6N3O3. The third kappa shape index (κ3) is 7.89. The van der Waals surface area contributed by atoms with Crippen LogP contribution in [0.15, 0.2) is 54.7 Å². The molecule has 0 aliphatic carbocycles. The van der Waals surface area contributed by atoms with Gasteiger partial charge in [-0.2, -0.15) is 18.2 Å². The lowest BCUT2D eigenvalue weighted by atomic mass is 10.1. The quantitative estimate of drug-likeness (QED) is 0.324. The van der Waals surface area contributed by atoms with E-state index in [0.29, 0.717) is 17.2 Å². The average Bonchev–Trinajstić information content (AvgIpc) is 2.78. The minimum Gasteiger partial charge on any atom is -0.439 e. The molecule has 1 aromatic heterocycles. The minimum atomic E-state index is -4.95. The predicted octanol–water partition coefficient (Wildman–Crippen LogP) is 6.31. The van der Waals surface area contributed by atoms with Gasteiger partial charge in [-0.1, -0.05) is 30.7 Å². The number of halogens is 7. The van der Waals surface area contributed by atoms with Crippen LogP contribution < -0.4 is 14.4 Å². The van der Waals surface area contributed by atoms with E-state index in [-0.39, 0.29) is 23.9 Å². The van der Waals surface area contributed by atoms with Crippen molar-refractivity contribution in [3.05, 3.63) is 70.9 Å². The van der Waals surface area contributed by atoms with E-state index in [4.69, 9.17) is 16.3 Å². The molecule has 6 nitrogen and oxygen atoms in total. The summed E-state index contributed by atoms with van der Waals surface area (Å²) in [4.78, 5) is 9.06. The monoisotopic (exact) mass is 535 g/mol. The van der Waals surface area contributed by atoms with Crippen LogP contribution >= 0.6 is 11.6 Å². The normalized spacial score (nSPS) is 12.8. The van der Waals surface area contributed by atoms with Crippen LogP contribution in [0.1, 0.15) is 18.1 Å². The van der Waals surface area contributed by atoms with E-state index in [1.165, 1.54) is 24.4 Å². The number of nitrogens with zero attached hydrogens (tertiary/aromatic N) is 3. The highest BCUT2D eigenvalue weighted by molar-refractivity contribution is 6.31. The first-order valence-corrected chi connectivity index (χ1v) is 10.9. The summed E-state index contributed by atoms with van der Waals surface area (Å²) in [6.45, 7) is 0.539. The number of aromatic nitrogens is 2. The molecule has 3 aromatic rings. The summed E-state index contributed by atoms with van der Waals surface area (Å²) in [5.41, 5.74) is 0.964. The molecule has 1 N–H and O–H groups in total. The molecule has 0 amide bonds. The number of hydrogen-bond donors (Lipinski definition) is 1. The average molecular weight is 536 g/mol. The first kappa shape index (κ1) is 27.3. The third-order valence-electron chi connectivity index (χ3n) is 4.80. The number of alkyl halides is 6. The molecule has 2 aromatic carbocycles. The number of ether oxygens (including phenoxy) is 2. The van der Waals surface area contributed by atoms with Crippen LogP contribution in [0.4, 0.5) is 32.3 Å². The Balaban J connectivity index is 1.89. The number of rotatable bonds is 9. The highest BCUT2D eigenvalue weighted by atomic mass is 35.5. The van der Waals surface area contributed by atoms with Gasteiger partial charge >= 0.3 is 12.5 Å². The fourth-order valence-electron chi connectivity index (χ4n) is 3.14. The Bertz CT molecular complexity index is 1180. The molecular weight excluding hydrogens is 516 g/mol. The molecule has 3 rings (SSSR count). The van der Waals surface area contributed by atoms with Crippen LogP contribution in [-0.4, -0.2) is 40.3 Å². The molecule has 0 saturated heterocycles. The van der Waals surface area contributed by atoms with Crippen LogP contribution in [-0.2, 0) is 13.0 Å². The van der Waals surface area contributed by atoms with Gasteiger partial charge in [0.2, 0.25) is 11.8 Å². The van der Waals surface area contributed by atoms with Gasteiger partial charge in [0.15, 0.2) is 6.10 Å². The molecule has 36 heavy (non-hydrogen) atoms. The Morgan fingerprint density at radius 1 is 1.03 bits per heavy atom. The SMILES string of the molecule is CCc1cc(Oc2ccnc(N(Cc3cccc(OC(F)(F)F)c3)CC(O)C(F)(F)F)n2)ccc1Cl. The van der Waals surface area contributed by atoms with Gasteiger partial charge in [0.05, 0.1) is 6.54 Å². The number of anilines is 1. The summed E-state index contributed by atoms with van der Waals surface area (Å²) in [6, 6.07) is 11.0. The maximum Gasteiger partial charge on any atom is 0.573 e. The topological polar surface area (TPSA) is 67.7 Å². The minimum absolute atomic E-state index is 0.00923. The van der Waals surface area contributed by atoms with E-state index in [2.05, 4.69) is 14.7 Å².